The van der Waals surface area contributed by atoms with Gasteiger partial charge in [-0.2, -0.15) is 0 Å². The fourth-order valence-corrected chi connectivity index (χ4v) is 3.17. The topological polar surface area (TPSA) is 50.4 Å². The van der Waals surface area contributed by atoms with Crippen LogP contribution in [0, 0.1) is 6.92 Å². The molecule has 1 amide bonds. The number of alkyl carbamates (subject to hydrolysis) is 1. The second-order valence-corrected chi connectivity index (χ2v) is 8.04. The molecule has 126 valence electrons. The zero-order chi connectivity index (χ0) is 16.6. The van der Waals surface area contributed by atoms with E-state index in [-0.39, 0.29) is 12.1 Å². The molecule has 1 aromatic rings. The fourth-order valence-electron chi connectivity index (χ4n) is 3.17. The molecule has 2 atom stereocenters. The van der Waals surface area contributed by atoms with Crippen LogP contribution in [0.2, 0.25) is 0 Å². The van der Waals surface area contributed by atoms with E-state index in [1.54, 1.807) is 0 Å². The average Bonchev–Trinajstić information content (AvgIpc) is 3.10. The lowest BCUT2D eigenvalue weighted by Gasteiger charge is -2.36. The summed E-state index contributed by atoms with van der Waals surface area (Å²) in [6.45, 7) is 7.78. The number of ether oxygens (including phenoxy) is 1. The Labute approximate surface area is 139 Å². The monoisotopic (exact) mass is 316 g/mol. The highest BCUT2D eigenvalue weighted by molar-refractivity contribution is 5.68. The SMILES string of the molecule is Cc1ccc(C2CC(NC3CC3NC(=O)OC(C)(C)C)C2)cc1. The number of aryl methyl sites for hydroxylation is 1. The Kier molecular flexibility index (Phi) is 4.37. The van der Waals surface area contributed by atoms with Gasteiger partial charge in [0.15, 0.2) is 0 Å². The molecule has 2 aliphatic rings. The summed E-state index contributed by atoms with van der Waals surface area (Å²) in [5.41, 5.74) is 2.33. The van der Waals surface area contributed by atoms with Gasteiger partial charge in [0.1, 0.15) is 5.60 Å². The maximum absolute atomic E-state index is 11.7. The Morgan fingerprint density at radius 1 is 1.09 bits per heavy atom. The Hall–Kier alpha value is -1.55. The van der Waals surface area contributed by atoms with Crippen LogP contribution in [0.25, 0.3) is 0 Å². The Morgan fingerprint density at radius 2 is 1.74 bits per heavy atom. The van der Waals surface area contributed by atoms with Crippen molar-refractivity contribution in [2.75, 3.05) is 0 Å². The molecule has 2 unspecified atom stereocenters. The minimum Gasteiger partial charge on any atom is -0.444 e. The van der Waals surface area contributed by atoms with Crippen molar-refractivity contribution >= 4 is 6.09 Å². The van der Waals surface area contributed by atoms with E-state index in [0.717, 1.165) is 6.42 Å². The van der Waals surface area contributed by atoms with Gasteiger partial charge >= 0.3 is 6.09 Å². The number of rotatable bonds is 4. The summed E-state index contributed by atoms with van der Waals surface area (Å²) >= 11 is 0. The molecule has 2 N–H and O–H groups in total. The number of amides is 1. The number of hydrogen-bond acceptors (Lipinski definition) is 3. The van der Waals surface area contributed by atoms with Crippen LogP contribution in [0.1, 0.15) is 57.1 Å². The van der Waals surface area contributed by atoms with Gasteiger partial charge in [0.2, 0.25) is 0 Å². The molecule has 0 aromatic heterocycles. The third-order valence-electron chi connectivity index (χ3n) is 4.63. The van der Waals surface area contributed by atoms with E-state index in [1.165, 1.54) is 24.0 Å². The van der Waals surface area contributed by atoms with E-state index < -0.39 is 5.60 Å². The van der Waals surface area contributed by atoms with E-state index in [2.05, 4.69) is 41.8 Å². The summed E-state index contributed by atoms with van der Waals surface area (Å²) in [4.78, 5) is 11.7. The molecule has 2 saturated carbocycles. The molecule has 4 heteroatoms. The minimum atomic E-state index is -0.433. The third kappa shape index (κ3) is 4.47. The Bertz CT molecular complexity index is 556. The van der Waals surface area contributed by atoms with E-state index in [1.807, 2.05) is 20.8 Å². The van der Waals surface area contributed by atoms with Crippen molar-refractivity contribution in [1.29, 1.82) is 0 Å². The standard InChI is InChI=1S/C19H28N2O2/c1-12-5-7-13(8-6-12)14-9-15(10-14)20-16-11-17(16)21-18(22)23-19(2,3)4/h5-8,14-17,20H,9-11H2,1-4H3,(H,21,22). The lowest BCUT2D eigenvalue weighted by atomic mass is 9.75. The average molecular weight is 316 g/mol. The molecule has 0 bridgehead atoms. The largest absolute Gasteiger partial charge is 0.444 e. The molecule has 0 aliphatic heterocycles. The highest BCUT2D eigenvalue weighted by atomic mass is 16.6. The van der Waals surface area contributed by atoms with Crippen LogP contribution in [0.4, 0.5) is 4.79 Å². The second kappa shape index (κ2) is 6.16. The Balaban J connectivity index is 1.36. The molecular formula is C19H28N2O2. The maximum atomic E-state index is 11.7. The minimum absolute atomic E-state index is 0.225. The highest BCUT2D eigenvalue weighted by Crippen LogP contribution is 2.38. The van der Waals surface area contributed by atoms with E-state index in [4.69, 9.17) is 4.74 Å². The van der Waals surface area contributed by atoms with Gasteiger partial charge in [-0.1, -0.05) is 29.8 Å². The van der Waals surface area contributed by atoms with Gasteiger partial charge in [-0.3, -0.25) is 0 Å². The second-order valence-electron chi connectivity index (χ2n) is 8.04. The quantitative estimate of drug-likeness (QED) is 0.894. The molecule has 0 saturated heterocycles. The number of benzene rings is 1. The first-order chi connectivity index (χ1) is 10.8. The van der Waals surface area contributed by atoms with Crippen LogP contribution in [0.3, 0.4) is 0 Å². The van der Waals surface area contributed by atoms with E-state index in [0.29, 0.717) is 18.0 Å². The first-order valence-corrected chi connectivity index (χ1v) is 8.62. The molecule has 2 fully saturated rings. The van der Waals surface area contributed by atoms with Crippen molar-refractivity contribution in [3.05, 3.63) is 35.4 Å². The fraction of sp³-hybridized carbons (Fsp3) is 0.632. The third-order valence-corrected chi connectivity index (χ3v) is 4.63. The van der Waals surface area contributed by atoms with E-state index >= 15 is 0 Å². The lowest BCUT2D eigenvalue weighted by molar-refractivity contribution is 0.0521. The molecular weight excluding hydrogens is 288 g/mol. The molecule has 2 aliphatic carbocycles. The van der Waals surface area contributed by atoms with Crippen LogP contribution in [-0.4, -0.2) is 29.8 Å². The molecule has 3 rings (SSSR count). The first-order valence-electron chi connectivity index (χ1n) is 8.62. The highest BCUT2D eigenvalue weighted by Gasteiger charge is 2.42. The summed E-state index contributed by atoms with van der Waals surface area (Å²) < 4.78 is 5.29. The molecule has 0 spiro atoms. The van der Waals surface area contributed by atoms with Crippen LogP contribution in [0.5, 0.6) is 0 Å². The predicted molar refractivity (Wildman–Crippen MR) is 91.6 cm³/mol. The van der Waals surface area contributed by atoms with Crippen molar-refractivity contribution in [2.24, 2.45) is 0 Å². The molecule has 23 heavy (non-hydrogen) atoms. The van der Waals surface area contributed by atoms with Gasteiger partial charge in [-0.25, -0.2) is 4.79 Å². The molecule has 4 nitrogen and oxygen atoms in total. The van der Waals surface area contributed by atoms with E-state index in [9.17, 15) is 4.79 Å². The molecule has 0 radical (unpaired) electrons. The summed E-state index contributed by atoms with van der Waals surface area (Å²) in [6.07, 6.45) is 3.08. The van der Waals surface area contributed by atoms with Crippen LogP contribution < -0.4 is 10.6 Å². The first kappa shape index (κ1) is 16.3. The Morgan fingerprint density at radius 3 is 2.35 bits per heavy atom. The van der Waals surface area contributed by atoms with Gasteiger partial charge in [-0.05, 0) is 58.4 Å². The maximum Gasteiger partial charge on any atom is 0.407 e. The van der Waals surface area contributed by atoms with Gasteiger partial charge in [0, 0.05) is 18.1 Å². The zero-order valence-corrected chi connectivity index (χ0v) is 14.6. The molecule has 1 aromatic carbocycles. The van der Waals surface area contributed by atoms with Crippen molar-refractivity contribution in [2.45, 2.75) is 76.6 Å². The number of carbonyl (C=O) groups excluding carboxylic acids is 1. The van der Waals surface area contributed by atoms with Crippen LogP contribution in [-0.2, 0) is 4.74 Å². The summed E-state index contributed by atoms with van der Waals surface area (Å²) in [7, 11) is 0. The number of hydrogen-bond donors (Lipinski definition) is 2. The smallest absolute Gasteiger partial charge is 0.407 e. The lowest BCUT2D eigenvalue weighted by Crippen LogP contribution is -2.44. The zero-order valence-electron chi connectivity index (χ0n) is 14.6. The van der Waals surface area contributed by atoms with Gasteiger partial charge < -0.3 is 15.4 Å². The van der Waals surface area contributed by atoms with Gasteiger partial charge in [0.25, 0.3) is 0 Å². The van der Waals surface area contributed by atoms with Gasteiger partial charge in [0.05, 0.1) is 0 Å². The van der Waals surface area contributed by atoms with Gasteiger partial charge in [-0.15, -0.1) is 0 Å². The van der Waals surface area contributed by atoms with Crippen molar-refractivity contribution < 1.29 is 9.53 Å². The summed E-state index contributed by atoms with van der Waals surface area (Å²) in [5, 5.41) is 6.59. The molecule has 0 heterocycles. The van der Waals surface area contributed by atoms with Crippen molar-refractivity contribution in [3.8, 4) is 0 Å². The summed E-state index contributed by atoms with van der Waals surface area (Å²) in [6, 6.07) is 10.1. The predicted octanol–water partition coefficient (Wildman–Crippen LogP) is 3.50. The van der Waals surface area contributed by atoms with Crippen molar-refractivity contribution in [1.82, 2.24) is 10.6 Å². The van der Waals surface area contributed by atoms with Crippen LogP contribution in [0.15, 0.2) is 24.3 Å². The number of carbonyl (C=O) groups is 1. The number of nitrogens with one attached hydrogen (secondary N) is 2. The van der Waals surface area contributed by atoms with Crippen molar-refractivity contribution in [3.63, 3.8) is 0 Å². The normalized spacial score (nSPS) is 29.6. The summed E-state index contributed by atoms with van der Waals surface area (Å²) in [5.74, 6) is 0.684. The van der Waals surface area contributed by atoms with Crippen LogP contribution >= 0.6 is 0 Å².